The van der Waals surface area contributed by atoms with Crippen LogP contribution in [0.5, 0.6) is 0 Å². The first-order valence-electron chi connectivity index (χ1n) is 7.46. The average Bonchev–Trinajstić information content (AvgIpc) is 3.01. The maximum absolute atomic E-state index is 12.2. The van der Waals surface area contributed by atoms with Gasteiger partial charge in [0.15, 0.2) is 0 Å². The molecule has 1 aliphatic heterocycles. The van der Waals surface area contributed by atoms with Gasteiger partial charge in [0, 0.05) is 44.0 Å². The number of thiophene rings is 1. The monoisotopic (exact) mass is 309 g/mol. The van der Waals surface area contributed by atoms with Crippen molar-refractivity contribution in [3.8, 4) is 0 Å². The van der Waals surface area contributed by atoms with Crippen molar-refractivity contribution in [1.82, 2.24) is 9.80 Å². The summed E-state index contributed by atoms with van der Waals surface area (Å²) >= 11 is 1.52. The van der Waals surface area contributed by atoms with Crippen LogP contribution in [0.3, 0.4) is 0 Å². The van der Waals surface area contributed by atoms with Gasteiger partial charge in [-0.1, -0.05) is 13.3 Å². The third-order valence-corrected chi connectivity index (χ3v) is 4.47. The zero-order chi connectivity index (χ0) is 15.2. The zero-order valence-electron chi connectivity index (χ0n) is 12.5. The molecule has 1 unspecified atom stereocenters. The van der Waals surface area contributed by atoms with Crippen LogP contribution in [-0.4, -0.2) is 53.8 Å². The van der Waals surface area contributed by atoms with Gasteiger partial charge in [-0.2, -0.15) is 11.3 Å². The van der Waals surface area contributed by atoms with Crippen molar-refractivity contribution < 1.29 is 9.59 Å². The molecule has 2 N–H and O–H groups in total. The summed E-state index contributed by atoms with van der Waals surface area (Å²) in [6, 6.07) is 1.79. The lowest BCUT2D eigenvalue weighted by Crippen LogP contribution is -2.51. The minimum atomic E-state index is -0.0482. The van der Waals surface area contributed by atoms with Gasteiger partial charge in [0.1, 0.15) is 0 Å². The van der Waals surface area contributed by atoms with Gasteiger partial charge in [0.05, 0.1) is 5.56 Å². The van der Waals surface area contributed by atoms with E-state index in [1.807, 2.05) is 26.6 Å². The number of hydrogen-bond donors (Lipinski definition) is 1. The second-order valence-corrected chi connectivity index (χ2v) is 6.22. The normalized spacial score (nSPS) is 16.9. The summed E-state index contributed by atoms with van der Waals surface area (Å²) in [5.41, 5.74) is 6.66. The lowest BCUT2D eigenvalue weighted by molar-refractivity contribution is -0.133. The molecule has 0 spiro atoms. The highest BCUT2D eigenvalue weighted by Gasteiger charge is 2.25. The summed E-state index contributed by atoms with van der Waals surface area (Å²) in [7, 11) is 0. The SMILES string of the molecule is CCCC(N)CC(=O)N1CCN(C(=O)c2ccsc2)CC1. The number of rotatable bonds is 5. The van der Waals surface area contributed by atoms with Crippen LogP contribution in [0.2, 0.25) is 0 Å². The fourth-order valence-corrected chi connectivity index (χ4v) is 3.18. The Morgan fingerprint density at radius 1 is 1.29 bits per heavy atom. The molecule has 1 aromatic rings. The van der Waals surface area contributed by atoms with Crippen molar-refractivity contribution in [2.24, 2.45) is 5.73 Å². The van der Waals surface area contributed by atoms with Gasteiger partial charge in [0.2, 0.25) is 5.91 Å². The molecule has 2 rings (SSSR count). The number of amides is 2. The molecule has 21 heavy (non-hydrogen) atoms. The third-order valence-electron chi connectivity index (χ3n) is 3.78. The smallest absolute Gasteiger partial charge is 0.254 e. The number of nitrogens with zero attached hydrogens (tertiary/aromatic N) is 2. The highest BCUT2D eigenvalue weighted by Crippen LogP contribution is 2.13. The molecule has 1 aliphatic rings. The molecular weight excluding hydrogens is 286 g/mol. The molecule has 1 fully saturated rings. The number of hydrogen-bond acceptors (Lipinski definition) is 4. The Kier molecular flexibility index (Phi) is 5.76. The predicted octanol–water partition coefficient (Wildman–Crippen LogP) is 1.55. The van der Waals surface area contributed by atoms with E-state index >= 15 is 0 Å². The van der Waals surface area contributed by atoms with E-state index in [9.17, 15) is 9.59 Å². The van der Waals surface area contributed by atoms with E-state index in [4.69, 9.17) is 5.73 Å². The summed E-state index contributed by atoms with van der Waals surface area (Å²) in [5, 5.41) is 3.77. The number of carbonyl (C=O) groups excluding carboxylic acids is 2. The molecule has 5 nitrogen and oxygen atoms in total. The van der Waals surface area contributed by atoms with Crippen molar-refractivity contribution in [1.29, 1.82) is 0 Å². The number of carbonyl (C=O) groups is 2. The van der Waals surface area contributed by atoms with E-state index in [0.29, 0.717) is 32.6 Å². The number of nitrogens with two attached hydrogens (primary N) is 1. The molecule has 0 radical (unpaired) electrons. The van der Waals surface area contributed by atoms with E-state index in [0.717, 1.165) is 18.4 Å². The van der Waals surface area contributed by atoms with Crippen LogP contribution >= 0.6 is 11.3 Å². The summed E-state index contributed by atoms with van der Waals surface area (Å²) in [6.45, 7) is 4.48. The van der Waals surface area contributed by atoms with Crippen LogP contribution in [0, 0.1) is 0 Å². The predicted molar refractivity (Wildman–Crippen MR) is 84.3 cm³/mol. The Labute approximate surface area is 129 Å². The Bertz CT molecular complexity index is 467. The maximum Gasteiger partial charge on any atom is 0.254 e. The molecule has 0 aliphatic carbocycles. The first kappa shape index (κ1) is 16.0. The fourth-order valence-electron chi connectivity index (χ4n) is 2.55. The van der Waals surface area contributed by atoms with Crippen LogP contribution in [0.15, 0.2) is 16.8 Å². The molecule has 0 bridgehead atoms. The largest absolute Gasteiger partial charge is 0.339 e. The Balaban J connectivity index is 1.80. The standard InChI is InChI=1S/C15H23N3O2S/c1-2-3-13(16)10-14(19)17-5-7-18(8-6-17)15(20)12-4-9-21-11-12/h4,9,11,13H,2-3,5-8,10,16H2,1H3. The summed E-state index contributed by atoms with van der Waals surface area (Å²) < 4.78 is 0. The molecule has 0 aromatic carbocycles. The molecule has 1 atom stereocenters. The van der Waals surface area contributed by atoms with Crippen LogP contribution in [-0.2, 0) is 4.79 Å². The first-order chi connectivity index (χ1) is 10.1. The lowest BCUT2D eigenvalue weighted by Gasteiger charge is -2.35. The summed E-state index contributed by atoms with van der Waals surface area (Å²) in [5.74, 6) is 0.171. The topological polar surface area (TPSA) is 66.6 Å². The van der Waals surface area contributed by atoms with Gasteiger partial charge in [-0.3, -0.25) is 9.59 Å². The van der Waals surface area contributed by atoms with Crippen molar-refractivity contribution in [3.05, 3.63) is 22.4 Å². The van der Waals surface area contributed by atoms with E-state index in [2.05, 4.69) is 6.92 Å². The highest BCUT2D eigenvalue weighted by molar-refractivity contribution is 7.08. The minimum Gasteiger partial charge on any atom is -0.339 e. The van der Waals surface area contributed by atoms with Gasteiger partial charge >= 0.3 is 0 Å². The van der Waals surface area contributed by atoms with Crippen molar-refractivity contribution in [2.45, 2.75) is 32.2 Å². The van der Waals surface area contributed by atoms with Crippen LogP contribution in [0.25, 0.3) is 0 Å². The Morgan fingerprint density at radius 2 is 1.95 bits per heavy atom. The fraction of sp³-hybridized carbons (Fsp3) is 0.600. The quantitative estimate of drug-likeness (QED) is 0.897. The van der Waals surface area contributed by atoms with Crippen LogP contribution in [0.4, 0.5) is 0 Å². The van der Waals surface area contributed by atoms with Crippen molar-refractivity contribution in [2.75, 3.05) is 26.2 Å². The van der Waals surface area contributed by atoms with Gasteiger partial charge < -0.3 is 15.5 Å². The van der Waals surface area contributed by atoms with E-state index in [1.54, 1.807) is 0 Å². The molecule has 6 heteroatoms. The van der Waals surface area contributed by atoms with Crippen molar-refractivity contribution >= 4 is 23.2 Å². The number of piperazine rings is 1. The second-order valence-electron chi connectivity index (χ2n) is 5.44. The molecule has 2 amide bonds. The Hall–Kier alpha value is -1.40. The van der Waals surface area contributed by atoms with E-state index < -0.39 is 0 Å². The third kappa shape index (κ3) is 4.28. The van der Waals surface area contributed by atoms with Gasteiger partial charge in [0.25, 0.3) is 5.91 Å². The van der Waals surface area contributed by atoms with Gasteiger partial charge in [-0.15, -0.1) is 0 Å². The Morgan fingerprint density at radius 3 is 2.52 bits per heavy atom. The molecule has 1 aromatic heterocycles. The van der Waals surface area contributed by atoms with Gasteiger partial charge in [-0.25, -0.2) is 0 Å². The van der Waals surface area contributed by atoms with E-state index in [-0.39, 0.29) is 17.9 Å². The summed E-state index contributed by atoms with van der Waals surface area (Å²) in [6.07, 6.45) is 2.28. The molecule has 1 saturated heterocycles. The lowest BCUT2D eigenvalue weighted by atomic mass is 10.1. The van der Waals surface area contributed by atoms with Crippen molar-refractivity contribution in [3.63, 3.8) is 0 Å². The maximum atomic E-state index is 12.2. The van der Waals surface area contributed by atoms with Crippen LogP contribution < -0.4 is 5.73 Å². The minimum absolute atomic E-state index is 0.0482. The van der Waals surface area contributed by atoms with Gasteiger partial charge in [-0.05, 0) is 17.9 Å². The molecule has 2 heterocycles. The molecule has 0 saturated carbocycles. The second kappa shape index (κ2) is 7.56. The average molecular weight is 309 g/mol. The highest BCUT2D eigenvalue weighted by atomic mass is 32.1. The van der Waals surface area contributed by atoms with Crippen LogP contribution in [0.1, 0.15) is 36.5 Å². The summed E-state index contributed by atoms with van der Waals surface area (Å²) in [4.78, 5) is 28.0. The molecular formula is C15H23N3O2S. The molecule has 116 valence electrons. The van der Waals surface area contributed by atoms with E-state index in [1.165, 1.54) is 11.3 Å². The zero-order valence-corrected chi connectivity index (χ0v) is 13.3. The first-order valence-corrected chi connectivity index (χ1v) is 8.41.